The molecule has 0 aliphatic carbocycles. The Hall–Kier alpha value is -1.75. The number of benzene rings is 1. The first-order valence-corrected chi connectivity index (χ1v) is 7.15. The average Bonchev–Trinajstić information content (AvgIpc) is 2.46. The smallest absolute Gasteiger partial charge is 0.224 e. The molecule has 3 rings (SSSR count). The summed E-state index contributed by atoms with van der Waals surface area (Å²) in [5, 5.41) is 2.84. The van der Waals surface area contributed by atoms with Crippen LogP contribution in [0.5, 0.6) is 5.75 Å². The number of carbonyl (C=O) groups excluding carboxylic acids is 1. The minimum Gasteiger partial charge on any atom is -0.491 e. The number of hydrogen-bond acceptors (Lipinski definition) is 4. The van der Waals surface area contributed by atoms with Crippen LogP contribution in [0.2, 0.25) is 0 Å². The molecule has 20 heavy (non-hydrogen) atoms. The first-order valence-electron chi connectivity index (χ1n) is 7.15. The zero-order chi connectivity index (χ0) is 13.9. The van der Waals surface area contributed by atoms with Crippen LogP contribution in [0.1, 0.15) is 24.8 Å². The summed E-state index contributed by atoms with van der Waals surface area (Å²) >= 11 is 0. The summed E-state index contributed by atoms with van der Waals surface area (Å²) < 4.78 is 11.2. The Balaban J connectivity index is 1.68. The van der Waals surface area contributed by atoms with E-state index in [0.717, 1.165) is 49.5 Å². The van der Waals surface area contributed by atoms with Gasteiger partial charge in [-0.15, -0.1) is 0 Å². The van der Waals surface area contributed by atoms with E-state index in [4.69, 9.17) is 15.2 Å². The Kier molecular flexibility index (Phi) is 3.78. The highest BCUT2D eigenvalue weighted by atomic mass is 16.5. The zero-order valence-electron chi connectivity index (χ0n) is 11.5. The van der Waals surface area contributed by atoms with Crippen molar-refractivity contribution in [2.24, 2.45) is 5.92 Å². The average molecular weight is 276 g/mol. The van der Waals surface area contributed by atoms with Crippen molar-refractivity contribution in [3.8, 4) is 5.75 Å². The lowest BCUT2D eigenvalue weighted by Gasteiger charge is -2.23. The number of aryl methyl sites for hydroxylation is 1. The number of amides is 1. The fourth-order valence-corrected chi connectivity index (χ4v) is 2.67. The van der Waals surface area contributed by atoms with Crippen molar-refractivity contribution in [2.75, 3.05) is 30.9 Å². The summed E-state index contributed by atoms with van der Waals surface area (Å²) in [5.74, 6) is 1.32. The maximum Gasteiger partial charge on any atom is 0.224 e. The molecular formula is C15H20N2O3. The highest BCUT2D eigenvalue weighted by molar-refractivity contribution is 5.94. The molecule has 0 radical (unpaired) electrons. The first kappa shape index (κ1) is 13.2. The molecule has 0 unspecified atom stereocenters. The van der Waals surface area contributed by atoms with Crippen molar-refractivity contribution in [3.05, 3.63) is 17.7 Å². The maximum atomic E-state index is 11.4. The molecule has 0 spiro atoms. The van der Waals surface area contributed by atoms with E-state index in [-0.39, 0.29) is 5.91 Å². The van der Waals surface area contributed by atoms with Gasteiger partial charge in [0.25, 0.3) is 0 Å². The van der Waals surface area contributed by atoms with Crippen LogP contribution >= 0.6 is 0 Å². The fourth-order valence-electron chi connectivity index (χ4n) is 2.67. The van der Waals surface area contributed by atoms with E-state index < -0.39 is 0 Å². The third kappa shape index (κ3) is 2.88. The fraction of sp³-hybridized carbons (Fsp3) is 0.533. The Morgan fingerprint density at radius 2 is 2.10 bits per heavy atom. The molecule has 0 bridgehead atoms. The van der Waals surface area contributed by atoms with Crippen LogP contribution in [0.4, 0.5) is 11.4 Å². The highest BCUT2D eigenvalue weighted by Gasteiger charge is 2.19. The Morgan fingerprint density at radius 3 is 2.90 bits per heavy atom. The molecular weight excluding hydrogens is 256 g/mol. The molecule has 0 aromatic heterocycles. The van der Waals surface area contributed by atoms with Gasteiger partial charge in [0.05, 0.1) is 12.3 Å². The van der Waals surface area contributed by atoms with Gasteiger partial charge in [-0.05, 0) is 42.9 Å². The second-order valence-electron chi connectivity index (χ2n) is 5.46. The molecule has 3 N–H and O–H groups in total. The van der Waals surface area contributed by atoms with Crippen molar-refractivity contribution >= 4 is 17.3 Å². The molecule has 1 saturated heterocycles. The highest BCUT2D eigenvalue weighted by Crippen LogP contribution is 2.33. The molecule has 5 nitrogen and oxygen atoms in total. The molecule has 5 heteroatoms. The number of nitrogen functional groups attached to an aromatic ring is 1. The van der Waals surface area contributed by atoms with Crippen molar-refractivity contribution in [2.45, 2.75) is 25.7 Å². The molecule has 1 aromatic carbocycles. The van der Waals surface area contributed by atoms with Crippen molar-refractivity contribution < 1.29 is 14.3 Å². The van der Waals surface area contributed by atoms with Gasteiger partial charge in [0, 0.05) is 25.3 Å². The van der Waals surface area contributed by atoms with Gasteiger partial charge < -0.3 is 20.5 Å². The van der Waals surface area contributed by atoms with Crippen LogP contribution in [0, 0.1) is 5.92 Å². The molecule has 1 fully saturated rings. The number of ether oxygens (including phenoxy) is 2. The number of nitrogens with two attached hydrogens (primary N) is 1. The minimum absolute atomic E-state index is 0.0489. The molecule has 2 heterocycles. The van der Waals surface area contributed by atoms with Gasteiger partial charge in [-0.1, -0.05) is 0 Å². The number of carbonyl (C=O) groups is 1. The molecule has 2 aliphatic heterocycles. The standard InChI is InChI=1S/C15H20N2O3/c16-12-8-13-11(1-2-15(18)17-13)7-14(12)20-9-10-3-5-19-6-4-10/h7-8,10H,1-6,9,16H2,(H,17,18). The minimum atomic E-state index is 0.0489. The van der Waals surface area contributed by atoms with E-state index in [9.17, 15) is 4.79 Å². The van der Waals surface area contributed by atoms with E-state index in [0.29, 0.717) is 24.6 Å². The van der Waals surface area contributed by atoms with Gasteiger partial charge in [0.2, 0.25) is 5.91 Å². The summed E-state index contributed by atoms with van der Waals surface area (Å²) in [5.41, 5.74) is 8.50. The summed E-state index contributed by atoms with van der Waals surface area (Å²) in [6.45, 7) is 2.32. The molecule has 0 atom stereocenters. The quantitative estimate of drug-likeness (QED) is 0.828. The van der Waals surface area contributed by atoms with Crippen LogP contribution in [-0.4, -0.2) is 25.7 Å². The van der Waals surface area contributed by atoms with E-state index in [1.165, 1.54) is 0 Å². The Bertz CT molecular complexity index is 510. The van der Waals surface area contributed by atoms with Crippen LogP contribution < -0.4 is 15.8 Å². The van der Waals surface area contributed by atoms with Crippen molar-refractivity contribution in [1.82, 2.24) is 0 Å². The van der Waals surface area contributed by atoms with Gasteiger partial charge >= 0.3 is 0 Å². The van der Waals surface area contributed by atoms with Crippen molar-refractivity contribution in [3.63, 3.8) is 0 Å². The summed E-state index contributed by atoms with van der Waals surface area (Å²) in [4.78, 5) is 11.4. The normalized spacial score (nSPS) is 19.3. The first-order chi connectivity index (χ1) is 9.72. The predicted molar refractivity (Wildman–Crippen MR) is 76.8 cm³/mol. The van der Waals surface area contributed by atoms with Gasteiger partial charge in [0.15, 0.2) is 0 Å². The number of nitrogens with one attached hydrogen (secondary N) is 1. The monoisotopic (exact) mass is 276 g/mol. The van der Waals surface area contributed by atoms with E-state index in [1.807, 2.05) is 6.07 Å². The lowest BCUT2D eigenvalue weighted by Crippen LogP contribution is -2.22. The summed E-state index contributed by atoms with van der Waals surface area (Å²) in [6, 6.07) is 3.76. The molecule has 1 aromatic rings. The van der Waals surface area contributed by atoms with Crippen LogP contribution in [0.25, 0.3) is 0 Å². The number of rotatable bonds is 3. The summed E-state index contributed by atoms with van der Waals surface area (Å²) in [7, 11) is 0. The van der Waals surface area contributed by atoms with Gasteiger partial charge in [-0.25, -0.2) is 0 Å². The Labute approximate surface area is 118 Å². The van der Waals surface area contributed by atoms with Crippen LogP contribution in [-0.2, 0) is 16.0 Å². The second kappa shape index (κ2) is 5.71. The third-order valence-corrected chi connectivity index (χ3v) is 3.95. The molecule has 2 aliphatic rings. The number of anilines is 2. The molecule has 108 valence electrons. The van der Waals surface area contributed by atoms with E-state index in [1.54, 1.807) is 6.07 Å². The van der Waals surface area contributed by atoms with Crippen molar-refractivity contribution in [1.29, 1.82) is 0 Å². The maximum absolute atomic E-state index is 11.4. The molecule has 0 saturated carbocycles. The third-order valence-electron chi connectivity index (χ3n) is 3.95. The molecule has 1 amide bonds. The van der Waals surface area contributed by atoms with Gasteiger partial charge in [-0.3, -0.25) is 4.79 Å². The number of fused-ring (bicyclic) bond motifs is 1. The topological polar surface area (TPSA) is 73.6 Å². The lowest BCUT2D eigenvalue weighted by molar-refractivity contribution is -0.116. The van der Waals surface area contributed by atoms with Gasteiger partial charge in [0.1, 0.15) is 5.75 Å². The van der Waals surface area contributed by atoms with Crippen LogP contribution in [0.3, 0.4) is 0 Å². The van der Waals surface area contributed by atoms with E-state index >= 15 is 0 Å². The zero-order valence-corrected chi connectivity index (χ0v) is 11.5. The summed E-state index contributed by atoms with van der Waals surface area (Å²) in [6.07, 6.45) is 3.35. The largest absolute Gasteiger partial charge is 0.491 e. The predicted octanol–water partition coefficient (Wildman–Crippen LogP) is 1.96. The Morgan fingerprint density at radius 1 is 1.30 bits per heavy atom. The van der Waals surface area contributed by atoms with Gasteiger partial charge in [-0.2, -0.15) is 0 Å². The van der Waals surface area contributed by atoms with E-state index in [2.05, 4.69) is 5.32 Å². The SMILES string of the molecule is Nc1cc2c(cc1OCC1CCOCC1)CCC(=O)N2. The number of hydrogen-bond donors (Lipinski definition) is 2. The lowest BCUT2D eigenvalue weighted by atomic mass is 10.0. The second-order valence-corrected chi connectivity index (χ2v) is 5.46. The van der Waals surface area contributed by atoms with Crippen LogP contribution in [0.15, 0.2) is 12.1 Å².